The molecule has 1 aromatic rings. The first-order chi connectivity index (χ1) is 7.31. The molecule has 2 atom stereocenters. The van der Waals surface area contributed by atoms with E-state index in [1.807, 2.05) is 18.2 Å². The van der Waals surface area contributed by atoms with Gasteiger partial charge in [0.2, 0.25) is 0 Å². The zero-order valence-corrected chi connectivity index (χ0v) is 9.63. The summed E-state index contributed by atoms with van der Waals surface area (Å²) in [7, 11) is 1.75. The third-order valence-corrected chi connectivity index (χ3v) is 3.25. The highest BCUT2D eigenvalue weighted by atomic mass is 35.5. The smallest absolute Gasteiger partial charge is 0.0503 e. The van der Waals surface area contributed by atoms with Gasteiger partial charge in [0.05, 0.1) is 6.61 Å². The first kappa shape index (κ1) is 10.9. The topological polar surface area (TPSA) is 21.3 Å². The van der Waals surface area contributed by atoms with E-state index in [0.29, 0.717) is 12.0 Å². The van der Waals surface area contributed by atoms with Crippen LogP contribution in [0.15, 0.2) is 24.3 Å². The van der Waals surface area contributed by atoms with Gasteiger partial charge in [0, 0.05) is 24.7 Å². The van der Waals surface area contributed by atoms with Crippen LogP contribution in [0.5, 0.6) is 0 Å². The summed E-state index contributed by atoms with van der Waals surface area (Å²) in [6, 6.07) is 8.43. The van der Waals surface area contributed by atoms with Gasteiger partial charge in [-0.25, -0.2) is 0 Å². The monoisotopic (exact) mass is 225 g/mol. The van der Waals surface area contributed by atoms with E-state index < -0.39 is 0 Å². The third kappa shape index (κ3) is 2.51. The molecule has 2 unspecified atom stereocenters. The molecule has 2 rings (SSSR count). The van der Waals surface area contributed by atoms with Crippen LogP contribution < -0.4 is 5.32 Å². The number of hydrogen-bond acceptors (Lipinski definition) is 2. The van der Waals surface area contributed by atoms with E-state index >= 15 is 0 Å². The molecule has 0 bridgehead atoms. The summed E-state index contributed by atoms with van der Waals surface area (Å²) < 4.78 is 5.17. The predicted molar refractivity (Wildman–Crippen MR) is 62.2 cm³/mol. The molecule has 2 nitrogen and oxygen atoms in total. The molecule has 3 heteroatoms. The van der Waals surface area contributed by atoms with Gasteiger partial charge in [-0.05, 0) is 24.0 Å². The average molecular weight is 226 g/mol. The second-order valence-electron chi connectivity index (χ2n) is 4.04. The number of rotatable bonds is 3. The van der Waals surface area contributed by atoms with Crippen molar-refractivity contribution in [3.8, 4) is 0 Å². The third-order valence-electron chi connectivity index (χ3n) is 2.90. The summed E-state index contributed by atoms with van der Waals surface area (Å²) in [6.45, 7) is 1.84. The first-order valence-electron chi connectivity index (χ1n) is 5.28. The van der Waals surface area contributed by atoms with Crippen molar-refractivity contribution in [1.29, 1.82) is 0 Å². The highest BCUT2D eigenvalue weighted by molar-refractivity contribution is 6.31. The Balaban J connectivity index is 2.04. The van der Waals surface area contributed by atoms with E-state index in [9.17, 15) is 0 Å². The number of halogens is 1. The fourth-order valence-corrected chi connectivity index (χ4v) is 2.43. The van der Waals surface area contributed by atoms with Gasteiger partial charge in [-0.2, -0.15) is 0 Å². The van der Waals surface area contributed by atoms with Crippen molar-refractivity contribution >= 4 is 11.6 Å². The van der Waals surface area contributed by atoms with Crippen molar-refractivity contribution < 1.29 is 4.74 Å². The predicted octanol–water partition coefficient (Wildman–Crippen LogP) is 2.64. The standard InChI is InChI=1S/C12H16ClNO/c1-15-8-9-6-12(14-7-9)10-4-2-3-5-11(10)13/h2-5,9,12,14H,6-8H2,1H3. The fraction of sp³-hybridized carbons (Fsp3) is 0.500. The molecule has 1 saturated heterocycles. The van der Waals surface area contributed by atoms with Gasteiger partial charge in [0.15, 0.2) is 0 Å². The second-order valence-corrected chi connectivity index (χ2v) is 4.45. The zero-order chi connectivity index (χ0) is 10.7. The zero-order valence-electron chi connectivity index (χ0n) is 8.87. The molecule has 0 amide bonds. The SMILES string of the molecule is COCC1CNC(c2ccccc2Cl)C1. The maximum atomic E-state index is 6.16. The molecule has 0 saturated carbocycles. The molecule has 82 valence electrons. The second kappa shape index (κ2) is 4.97. The summed E-state index contributed by atoms with van der Waals surface area (Å²) >= 11 is 6.16. The Kier molecular flexibility index (Phi) is 3.62. The van der Waals surface area contributed by atoms with Crippen molar-refractivity contribution in [3.05, 3.63) is 34.9 Å². The van der Waals surface area contributed by atoms with Crippen LogP contribution in [0.1, 0.15) is 18.0 Å². The Bertz CT molecular complexity index is 329. The Morgan fingerprint density at radius 3 is 3.00 bits per heavy atom. The number of benzene rings is 1. The van der Waals surface area contributed by atoms with Crippen LogP contribution in [0.25, 0.3) is 0 Å². The molecular formula is C12H16ClNO. The normalized spacial score (nSPS) is 25.7. The van der Waals surface area contributed by atoms with Crippen molar-refractivity contribution in [2.75, 3.05) is 20.3 Å². The maximum absolute atomic E-state index is 6.16. The number of methoxy groups -OCH3 is 1. The molecule has 0 spiro atoms. The molecule has 1 heterocycles. The minimum Gasteiger partial charge on any atom is -0.384 e. The van der Waals surface area contributed by atoms with Gasteiger partial charge < -0.3 is 10.1 Å². The van der Waals surface area contributed by atoms with E-state index in [2.05, 4.69) is 11.4 Å². The van der Waals surface area contributed by atoms with Crippen LogP contribution in [0.2, 0.25) is 5.02 Å². The largest absolute Gasteiger partial charge is 0.384 e. The van der Waals surface area contributed by atoms with Crippen molar-refractivity contribution in [2.45, 2.75) is 12.5 Å². The summed E-state index contributed by atoms with van der Waals surface area (Å²) in [5.41, 5.74) is 1.21. The Morgan fingerprint density at radius 2 is 2.27 bits per heavy atom. The molecule has 1 aromatic carbocycles. The molecular weight excluding hydrogens is 210 g/mol. The summed E-state index contributed by atoms with van der Waals surface area (Å²) in [4.78, 5) is 0. The van der Waals surface area contributed by atoms with E-state index in [0.717, 1.165) is 24.6 Å². The maximum Gasteiger partial charge on any atom is 0.0503 e. The molecule has 1 aliphatic heterocycles. The van der Waals surface area contributed by atoms with E-state index in [1.54, 1.807) is 7.11 Å². The van der Waals surface area contributed by atoms with Crippen LogP contribution in [-0.4, -0.2) is 20.3 Å². The van der Waals surface area contributed by atoms with E-state index in [1.165, 1.54) is 5.56 Å². The lowest BCUT2D eigenvalue weighted by molar-refractivity contribution is 0.159. The van der Waals surface area contributed by atoms with Crippen LogP contribution >= 0.6 is 11.6 Å². The Labute approximate surface area is 95.6 Å². The van der Waals surface area contributed by atoms with Crippen LogP contribution in [0.4, 0.5) is 0 Å². The Hall–Kier alpha value is -0.570. The van der Waals surface area contributed by atoms with E-state index in [-0.39, 0.29) is 0 Å². The molecule has 1 fully saturated rings. The summed E-state index contributed by atoms with van der Waals surface area (Å²) in [6.07, 6.45) is 1.11. The van der Waals surface area contributed by atoms with Gasteiger partial charge in [0.1, 0.15) is 0 Å². The lowest BCUT2D eigenvalue weighted by Gasteiger charge is -2.12. The summed E-state index contributed by atoms with van der Waals surface area (Å²) in [5, 5.41) is 4.34. The minimum atomic E-state index is 0.388. The highest BCUT2D eigenvalue weighted by Gasteiger charge is 2.26. The van der Waals surface area contributed by atoms with Crippen LogP contribution in [0, 0.1) is 5.92 Å². The molecule has 1 N–H and O–H groups in total. The van der Waals surface area contributed by atoms with Crippen molar-refractivity contribution in [1.82, 2.24) is 5.32 Å². The fourth-order valence-electron chi connectivity index (χ4n) is 2.17. The van der Waals surface area contributed by atoms with Crippen molar-refractivity contribution in [3.63, 3.8) is 0 Å². The molecule has 0 aromatic heterocycles. The highest BCUT2D eigenvalue weighted by Crippen LogP contribution is 2.31. The number of nitrogens with one attached hydrogen (secondary N) is 1. The molecule has 0 aliphatic carbocycles. The van der Waals surface area contributed by atoms with Gasteiger partial charge in [0.25, 0.3) is 0 Å². The first-order valence-corrected chi connectivity index (χ1v) is 5.66. The van der Waals surface area contributed by atoms with Gasteiger partial charge >= 0.3 is 0 Å². The molecule has 15 heavy (non-hydrogen) atoms. The molecule has 0 radical (unpaired) electrons. The summed E-state index contributed by atoms with van der Waals surface area (Å²) in [5.74, 6) is 0.608. The van der Waals surface area contributed by atoms with Gasteiger partial charge in [-0.1, -0.05) is 29.8 Å². The number of hydrogen-bond donors (Lipinski definition) is 1. The lowest BCUT2D eigenvalue weighted by Crippen LogP contribution is -2.15. The van der Waals surface area contributed by atoms with Crippen LogP contribution in [-0.2, 0) is 4.74 Å². The van der Waals surface area contributed by atoms with E-state index in [4.69, 9.17) is 16.3 Å². The average Bonchev–Trinajstić information content (AvgIpc) is 2.68. The minimum absolute atomic E-state index is 0.388. The van der Waals surface area contributed by atoms with Gasteiger partial charge in [-0.15, -0.1) is 0 Å². The quantitative estimate of drug-likeness (QED) is 0.854. The number of ether oxygens (including phenoxy) is 1. The lowest BCUT2D eigenvalue weighted by atomic mass is 10.0. The van der Waals surface area contributed by atoms with Crippen molar-refractivity contribution in [2.24, 2.45) is 5.92 Å². The molecule has 1 aliphatic rings. The van der Waals surface area contributed by atoms with Gasteiger partial charge in [-0.3, -0.25) is 0 Å². The van der Waals surface area contributed by atoms with Crippen LogP contribution in [0.3, 0.4) is 0 Å². The Morgan fingerprint density at radius 1 is 1.47 bits per heavy atom.